The van der Waals surface area contributed by atoms with Gasteiger partial charge in [-0.3, -0.25) is 14.5 Å². The standard InChI is InChI=1S/C18H25NO2/c1-13(20)11-17-9-10-18(12-14(2)21)19(17)15(3)16-7-5-4-6-8-16/h4-8,15,17-18H,9-12H2,1-3H3/t15-,17-,18+/m0/s1. The van der Waals surface area contributed by atoms with E-state index in [0.717, 1.165) is 12.8 Å². The summed E-state index contributed by atoms with van der Waals surface area (Å²) in [6, 6.07) is 11.1. The van der Waals surface area contributed by atoms with E-state index in [2.05, 4.69) is 24.0 Å². The maximum Gasteiger partial charge on any atom is 0.131 e. The molecule has 0 unspecified atom stereocenters. The highest BCUT2D eigenvalue weighted by molar-refractivity contribution is 5.77. The van der Waals surface area contributed by atoms with Crippen LogP contribution < -0.4 is 0 Å². The lowest BCUT2D eigenvalue weighted by Gasteiger charge is -2.35. The Morgan fingerprint density at radius 3 is 1.95 bits per heavy atom. The molecule has 0 aliphatic carbocycles. The summed E-state index contributed by atoms with van der Waals surface area (Å²) in [5.74, 6) is 0.461. The Hall–Kier alpha value is -1.48. The maximum absolute atomic E-state index is 11.5. The second-order valence-electron chi connectivity index (χ2n) is 6.23. The molecule has 1 heterocycles. The highest BCUT2D eigenvalue weighted by Crippen LogP contribution is 2.36. The van der Waals surface area contributed by atoms with Gasteiger partial charge in [0, 0.05) is 31.0 Å². The van der Waals surface area contributed by atoms with Gasteiger partial charge in [-0.15, -0.1) is 0 Å². The zero-order chi connectivity index (χ0) is 15.4. The molecule has 3 nitrogen and oxygen atoms in total. The van der Waals surface area contributed by atoms with Crippen LogP contribution in [0.5, 0.6) is 0 Å². The Kier molecular flexibility index (Phi) is 5.29. The van der Waals surface area contributed by atoms with Crippen molar-refractivity contribution in [2.24, 2.45) is 0 Å². The van der Waals surface area contributed by atoms with E-state index in [1.54, 1.807) is 13.8 Å². The summed E-state index contributed by atoms with van der Waals surface area (Å²) in [5, 5.41) is 0. The minimum atomic E-state index is 0.230. The molecule has 3 atom stereocenters. The first-order valence-corrected chi connectivity index (χ1v) is 7.80. The van der Waals surface area contributed by atoms with Gasteiger partial charge in [-0.1, -0.05) is 30.3 Å². The molecule has 0 saturated carbocycles. The lowest BCUT2D eigenvalue weighted by atomic mass is 10.0. The smallest absolute Gasteiger partial charge is 0.131 e. The van der Waals surface area contributed by atoms with Crippen LogP contribution in [-0.4, -0.2) is 28.6 Å². The zero-order valence-corrected chi connectivity index (χ0v) is 13.2. The first-order valence-electron chi connectivity index (χ1n) is 7.80. The third kappa shape index (κ3) is 4.01. The van der Waals surface area contributed by atoms with E-state index in [9.17, 15) is 9.59 Å². The van der Waals surface area contributed by atoms with Crippen molar-refractivity contribution >= 4 is 11.6 Å². The molecule has 114 valence electrons. The van der Waals surface area contributed by atoms with Crippen LogP contribution in [0.3, 0.4) is 0 Å². The molecule has 1 aliphatic heterocycles. The quantitative estimate of drug-likeness (QED) is 0.803. The van der Waals surface area contributed by atoms with Crippen molar-refractivity contribution in [1.29, 1.82) is 0 Å². The van der Waals surface area contributed by atoms with Gasteiger partial charge >= 0.3 is 0 Å². The molecule has 1 saturated heterocycles. The van der Waals surface area contributed by atoms with Crippen LogP contribution in [0, 0.1) is 0 Å². The second-order valence-corrected chi connectivity index (χ2v) is 6.23. The Morgan fingerprint density at radius 1 is 1.05 bits per heavy atom. The molecule has 1 aliphatic rings. The van der Waals surface area contributed by atoms with Crippen molar-refractivity contribution in [3.8, 4) is 0 Å². The van der Waals surface area contributed by atoms with E-state index in [1.165, 1.54) is 5.56 Å². The Labute approximate surface area is 127 Å². The van der Waals surface area contributed by atoms with Crippen LogP contribution in [0.15, 0.2) is 30.3 Å². The lowest BCUT2D eigenvalue weighted by Crippen LogP contribution is -2.39. The number of Topliss-reactive ketones (excluding diaryl/α,β-unsaturated/α-hetero) is 2. The number of hydrogen-bond donors (Lipinski definition) is 0. The first kappa shape index (κ1) is 15.9. The van der Waals surface area contributed by atoms with Crippen LogP contribution in [0.25, 0.3) is 0 Å². The summed E-state index contributed by atoms with van der Waals surface area (Å²) in [6.07, 6.45) is 3.19. The third-order valence-corrected chi connectivity index (χ3v) is 4.45. The van der Waals surface area contributed by atoms with Gasteiger partial charge in [0.25, 0.3) is 0 Å². The summed E-state index contributed by atoms with van der Waals surface area (Å²) in [7, 11) is 0. The SMILES string of the molecule is CC(=O)C[C@H]1CC[C@@H](CC(C)=O)N1[C@@H](C)c1ccccc1. The van der Waals surface area contributed by atoms with Gasteiger partial charge in [-0.05, 0) is 39.2 Å². The van der Waals surface area contributed by atoms with E-state index in [1.807, 2.05) is 18.2 Å². The number of rotatable bonds is 6. The highest BCUT2D eigenvalue weighted by atomic mass is 16.1. The molecule has 0 amide bonds. The molecule has 2 rings (SSSR count). The Balaban J connectivity index is 2.22. The number of carbonyl (C=O) groups excluding carboxylic acids is 2. The number of carbonyl (C=O) groups is 2. The molecule has 0 N–H and O–H groups in total. The van der Waals surface area contributed by atoms with Crippen molar-refractivity contribution in [2.45, 2.75) is 64.6 Å². The number of hydrogen-bond acceptors (Lipinski definition) is 3. The first-order chi connectivity index (χ1) is 9.99. The van der Waals surface area contributed by atoms with Gasteiger partial charge in [0.05, 0.1) is 0 Å². The largest absolute Gasteiger partial charge is 0.300 e. The second kappa shape index (κ2) is 6.99. The minimum absolute atomic E-state index is 0.230. The average molecular weight is 287 g/mol. The third-order valence-electron chi connectivity index (χ3n) is 4.45. The normalized spacial score (nSPS) is 24.0. The van der Waals surface area contributed by atoms with Crippen molar-refractivity contribution in [3.05, 3.63) is 35.9 Å². The molecular formula is C18H25NO2. The molecule has 1 fully saturated rings. The van der Waals surface area contributed by atoms with Crippen molar-refractivity contribution in [2.75, 3.05) is 0 Å². The lowest BCUT2D eigenvalue weighted by molar-refractivity contribution is -0.118. The molecule has 1 aromatic carbocycles. The van der Waals surface area contributed by atoms with Crippen LogP contribution in [0.4, 0.5) is 0 Å². The molecule has 0 bridgehead atoms. The topological polar surface area (TPSA) is 37.4 Å². The van der Waals surface area contributed by atoms with Gasteiger partial charge < -0.3 is 0 Å². The number of likely N-dealkylation sites (tertiary alicyclic amines) is 1. The molecule has 3 heteroatoms. The van der Waals surface area contributed by atoms with Gasteiger partial charge in [-0.2, -0.15) is 0 Å². The average Bonchev–Trinajstić information content (AvgIpc) is 2.80. The molecule has 0 radical (unpaired) electrons. The van der Waals surface area contributed by atoms with E-state index in [-0.39, 0.29) is 29.7 Å². The fourth-order valence-corrected chi connectivity index (χ4v) is 3.60. The predicted molar refractivity (Wildman–Crippen MR) is 84.1 cm³/mol. The van der Waals surface area contributed by atoms with Crippen LogP contribution >= 0.6 is 0 Å². The van der Waals surface area contributed by atoms with E-state index in [0.29, 0.717) is 12.8 Å². The summed E-state index contributed by atoms with van der Waals surface area (Å²) >= 11 is 0. The minimum Gasteiger partial charge on any atom is -0.300 e. The fourth-order valence-electron chi connectivity index (χ4n) is 3.60. The molecule has 0 spiro atoms. The summed E-state index contributed by atoms with van der Waals surface area (Å²) in [4.78, 5) is 25.5. The molecule has 1 aromatic rings. The van der Waals surface area contributed by atoms with E-state index >= 15 is 0 Å². The van der Waals surface area contributed by atoms with Crippen molar-refractivity contribution in [3.63, 3.8) is 0 Å². The highest BCUT2D eigenvalue weighted by Gasteiger charge is 2.37. The number of nitrogens with zero attached hydrogens (tertiary/aromatic N) is 1. The Bertz CT molecular complexity index is 473. The van der Waals surface area contributed by atoms with Crippen LogP contribution in [0.1, 0.15) is 58.1 Å². The predicted octanol–water partition coefficient (Wildman–Crippen LogP) is 3.54. The summed E-state index contributed by atoms with van der Waals surface area (Å²) in [5.41, 5.74) is 1.25. The van der Waals surface area contributed by atoms with Gasteiger partial charge in [-0.25, -0.2) is 0 Å². The van der Waals surface area contributed by atoms with Crippen LogP contribution in [-0.2, 0) is 9.59 Å². The van der Waals surface area contributed by atoms with Crippen LogP contribution in [0.2, 0.25) is 0 Å². The summed E-state index contributed by atoms with van der Waals surface area (Å²) < 4.78 is 0. The molecule has 21 heavy (non-hydrogen) atoms. The van der Waals surface area contributed by atoms with Crippen molar-refractivity contribution in [1.82, 2.24) is 4.90 Å². The maximum atomic E-state index is 11.5. The van der Waals surface area contributed by atoms with E-state index in [4.69, 9.17) is 0 Å². The van der Waals surface area contributed by atoms with Gasteiger partial charge in [0.2, 0.25) is 0 Å². The molecular weight excluding hydrogens is 262 g/mol. The number of benzene rings is 1. The monoisotopic (exact) mass is 287 g/mol. The zero-order valence-electron chi connectivity index (χ0n) is 13.2. The number of ketones is 2. The van der Waals surface area contributed by atoms with Gasteiger partial charge in [0.1, 0.15) is 11.6 Å². The molecule has 0 aromatic heterocycles. The summed E-state index contributed by atoms with van der Waals surface area (Å²) in [6.45, 7) is 5.49. The Morgan fingerprint density at radius 2 is 1.52 bits per heavy atom. The van der Waals surface area contributed by atoms with Gasteiger partial charge in [0.15, 0.2) is 0 Å². The van der Waals surface area contributed by atoms with E-state index < -0.39 is 0 Å². The van der Waals surface area contributed by atoms with Crippen molar-refractivity contribution < 1.29 is 9.59 Å². The fraction of sp³-hybridized carbons (Fsp3) is 0.556.